The third-order valence-electron chi connectivity index (χ3n) is 3.55. The molecule has 99 valence electrons. The predicted molar refractivity (Wildman–Crippen MR) is 92.0 cm³/mol. The van der Waals surface area contributed by atoms with Crippen LogP contribution in [0.4, 0.5) is 0 Å². The lowest BCUT2D eigenvalue weighted by Gasteiger charge is -2.16. The molecular formula is C17H23Si2. The lowest BCUT2D eigenvalue weighted by atomic mass is 10.1. The van der Waals surface area contributed by atoms with Crippen molar-refractivity contribution < 1.29 is 0 Å². The lowest BCUT2D eigenvalue weighted by Crippen LogP contribution is -2.37. The van der Waals surface area contributed by atoms with Crippen molar-refractivity contribution in [2.75, 3.05) is 0 Å². The monoisotopic (exact) mass is 283 g/mol. The van der Waals surface area contributed by atoms with Crippen molar-refractivity contribution in [2.45, 2.75) is 32.7 Å². The third kappa shape index (κ3) is 3.45. The second kappa shape index (κ2) is 5.47. The van der Waals surface area contributed by atoms with E-state index in [1.54, 1.807) is 0 Å². The maximum atomic E-state index is 2.39. The molecule has 0 heterocycles. The minimum Gasteiger partial charge on any atom is -0.0671 e. The van der Waals surface area contributed by atoms with E-state index in [1.807, 2.05) is 0 Å². The van der Waals surface area contributed by atoms with Crippen LogP contribution in [0.5, 0.6) is 0 Å². The van der Waals surface area contributed by atoms with Crippen molar-refractivity contribution in [3.63, 3.8) is 0 Å². The summed E-state index contributed by atoms with van der Waals surface area (Å²) in [6.45, 7) is 11.8. The number of hydrogen-bond donors (Lipinski definition) is 0. The van der Waals surface area contributed by atoms with E-state index in [2.05, 4.69) is 81.3 Å². The van der Waals surface area contributed by atoms with E-state index in [1.165, 1.54) is 21.5 Å². The minimum atomic E-state index is -1.18. The Hall–Kier alpha value is -1.13. The van der Waals surface area contributed by atoms with Crippen LogP contribution in [0.1, 0.15) is 0 Å². The molecule has 0 aliphatic heterocycles. The molecule has 0 aliphatic rings. The Morgan fingerprint density at radius 2 is 1.11 bits per heavy atom. The van der Waals surface area contributed by atoms with E-state index in [4.69, 9.17) is 0 Å². The third-order valence-corrected chi connectivity index (χ3v) is 7.10. The van der Waals surface area contributed by atoms with E-state index in [0.717, 1.165) is 0 Å². The fourth-order valence-electron chi connectivity index (χ4n) is 2.16. The second-order valence-electron chi connectivity index (χ2n) is 6.40. The molecule has 0 N–H and O–H groups in total. The highest BCUT2D eigenvalue weighted by molar-refractivity contribution is 6.88. The number of rotatable bonds is 3. The molecule has 1 radical (unpaired) electrons. The van der Waals surface area contributed by atoms with Gasteiger partial charge in [0.25, 0.3) is 0 Å². The zero-order valence-electron chi connectivity index (χ0n) is 12.6. The molecule has 0 atom stereocenters. The summed E-state index contributed by atoms with van der Waals surface area (Å²) in [5.74, 6) is 0. The van der Waals surface area contributed by atoms with Gasteiger partial charge in [0.05, 0.1) is 16.9 Å². The molecule has 2 aromatic carbocycles. The van der Waals surface area contributed by atoms with E-state index in [0.29, 0.717) is 0 Å². The highest BCUT2D eigenvalue weighted by Crippen LogP contribution is 2.18. The molecule has 0 nitrogen and oxygen atoms in total. The molecule has 0 amide bonds. The zero-order chi connectivity index (χ0) is 14.0. The van der Waals surface area contributed by atoms with Gasteiger partial charge in [-0.15, -0.1) is 0 Å². The van der Waals surface area contributed by atoms with Gasteiger partial charge in [-0.3, -0.25) is 0 Å². The first-order chi connectivity index (χ1) is 8.88. The Bertz CT molecular complexity index is 531. The van der Waals surface area contributed by atoms with E-state index < -0.39 is 8.07 Å². The average molecular weight is 284 g/mol. The van der Waals surface area contributed by atoms with Crippen LogP contribution in [-0.2, 0) is 0 Å². The molecule has 2 rings (SSSR count). The highest BCUT2D eigenvalue weighted by Gasteiger charge is 2.15. The molecule has 0 unspecified atom stereocenters. The second-order valence-corrected chi connectivity index (χ2v) is 14.1. The Balaban J connectivity index is 2.27. The molecular weight excluding hydrogens is 260 g/mol. The fourth-order valence-corrected chi connectivity index (χ4v) is 4.16. The summed E-state index contributed by atoms with van der Waals surface area (Å²) in [6.07, 6.45) is 0. The van der Waals surface area contributed by atoms with Crippen molar-refractivity contribution in [1.29, 1.82) is 0 Å². The van der Waals surface area contributed by atoms with Crippen molar-refractivity contribution in [1.82, 2.24) is 0 Å². The first kappa shape index (κ1) is 14.3. The van der Waals surface area contributed by atoms with Gasteiger partial charge in [0.1, 0.15) is 0 Å². The first-order valence-electron chi connectivity index (χ1n) is 6.89. The standard InChI is InChI=1S/C17H23Si2/c1-18(2)16-10-6-14(7-11-16)15-8-12-17(13-9-15)19(3,4)5/h6-13H,1-5H3. The lowest BCUT2D eigenvalue weighted by molar-refractivity contribution is 1.63. The van der Waals surface area contributed by atoms with Crippen LogP contribution in [-0.4, -0.2) is 16.9 Å². The topological polar surface area (TPSA) is 0 Å². The van der Waals surface area contributed by atoms with Crippen molar-refractivity contribution in [2.24, 2.45) is 0 Å². The SMILES string of the molecule is C[Si](C)c1ccc(-c2ccc([Si](C)(C)C)cc2)cc1. The van der Waals surface area contributed by atoms with Gasteiger partial charge < -0.3 is 0 Å². The summed E-state index contributed by atoms with van der Waals surface area (Å²) < 4.78 is 0. The first-order valence-corrected chi connectivity index (χ1v) is 12.9. The fraction of sp³-hybridized carbons (Fsp3) is 0.294. The summed E-state index contributed by atoms with van der Waals surface area (Å²) in [5, 5.41) is 3.04. The van der Waals surface area contributed by atoms with Gasteiger partial charge in [-0.2, -0.15) is 0 Å². The molecule has 0 aromatic heterocycles. The molecule has 0 fully saturated rings. The average Bonchev–Trinajstić information content (AvgIpc) is 2.38. The van der Waals surface area contributed by atoms with Gasteiger partial charge in [0.15, 0.2) is 0 Å². The Morgan fingerprint density at radius 1 is 0.684 bits per heavy atom. The molecule has 0 saturated heterocycles. The van der Waals surface area contributed by atoms with Crippen molar-refractivity contribution in [3.8, 4) is 11.1 Å². The van der Waals surface area contributed by atoms with Crippen molar-refractivity contribution >= 4 is 27.2 Å². The molecule has 0 aliphatic carbocycles. The van der Waals surface area contributed by atoms with Crippen LogP contribution < -0.4 is 10.4 Å². The van der Waals surface area contributed by atoms with E-state index in [9.17, 15) is 0 Å². The smallest absolute Gasteiger partial charge is 0.0671 e. The highest BCUT2D eigenvalue weighted by atomic mass is 28.3. The Morgan fingerprint density at radius 3 is 1.47 bits per heavy atom. The quantitative estimate of drug-likeness (QED) is 0.750. The van der Waals surface area contributed by atoms with Crippen LogP contribution in [0.15, 0.2) is 48.5 Å². The van der Waals surface area contributed by atoms with E-state index >= 15 is 0 Å². The molecule has 2 aromatic rings. The van der Waals surface area contributed by atoms with Crippen LogP contribution in [0.25, 0.3) is 11.1 Å². The van der Waals surface area contributed by atoms with Crippen LogP contribution in [0.3, 0.4) is 0 Å². The van der Waals surface area contributed by atoms with Crippen molar-refractivity contribution in [3.05, 3.63) is 48.5 Å². The van der Waals surface area contributed by atoms with Gasteiger partial charge in [0.2, 0.25) is 0 Å². The Kier molecular flexibility index (Phi) is 4.11. The summed E-state index contributed by atoms with van der Waals surface area (Å²) in [7, 11) is -1.51. The van der Waals surface area contributed by atoms with Gasteiger partial charge in [-0.05, 0) is 11.1 Å². The zero-order valence-corrected chi connectivity index (χ0v) is 14.6. The van der Waals surface area contributed by atoms with Gasteiger partial charge in [0, 0.05) is 0 Å². The van der Waals surface area contributed by atoms with Gasteiger partial charge in [-0.1, -0.05) is 91.6 Å². The molecule has 0 bridgehead atoms. The molecule has 2 heteroatoms. The summed E-state index contributed by atoms with van der Waals surface area (Å²) in [5.41, 5.74) is 2.66. The maximum absolute atomic E-state index is 2.39. The number of benzene rings is 2. The normalized spacial score (nSPS) is 11.9. The summed E-state index contributed by atoms with van der Waals surface area (Å²) in [4.78, 5) is 0. The van der Waals surface area contributed by atoms with Gasteiger partial charge in [-0.25, -0.2) is 0 Å². The predicted octanol–water partition coefficient (Wildman–Crippen LogP) is 3.86. The molecule has 0 saturated carbocycles. The summed E-state index contributed by atoms with van der Waals surface area (Å²) >= 11 is 0. The molecule has 0 spiro atoms. The van der Waals surface area contributed by atoms with Crippen LogP contribution >= 0.6 is 0 Å². The van der Waals surface area contributed by atoms with Crippen LogP contribution in [0.2, 0.25) is 32.7 Å². The van der Waals surface area contributed by atoms with Crippen LogP contribution in [0, 0.1) is 0 Å². The largest absolute Gasteiger partial charge is 0.0791 e. The van der Waals surface area contributed by atoms with E-state index in [-0.39, 0.29) is 8.80 Å². The minimum absolute atomic E-state index is 0.330. The Labute approximate surface area is 120 Å². The number of hydrogen-bond acceptors (Lipinski definition) is 0. The maximum Gasteiger partial charge on any atom is 0.0791 e. The molecule has 19 heavy (non-hydrogen) atoms. The van der Waals surface area contributed by atoms with Gasteiger partial charge >= 0.3 is 0 Å². The summed E-state index contributed by atoms with van der Waals surface area (Å²) in [6, 6.07) is 18.3.